The van der Waals surface area contributed by atoms with Crippen LogP contribution in [0.5, 0.6) is 0 Å². The Morgan fingerprint density at radius 2 is 2.18 bits per heavy atom. The molecule has 1 rings (SSSR count). The van der Waals surface area contributed by atoms with Crippen LogP contribution in [0, 0.1) is 0 Å². The molecular weight excluding hydrogens is 157 g/mol. The molecule has 0 bridgehead atoms. The summed E-state index contributed by atoms with van der Waals surface area (Å²) in [4.78, 5) is 3.35. The Balaban J connectivity index is 2.74. The molecule has 1 atom stereocenters. The SMILES string of the molecule is CC1=NC(C(F)(F)F)C=CN1. The lowest BCUT2D eigenvalue weighted by molar-refractivity contribution is -0.136. The molecule has 5 heteroatoms. The van der Waals surface area contributed by atoms with Crippen LogP contribution in [0.4, 0.5) is 13.2 Å². The van der Waals surface area contributed by atoms with Gasteiger partial charge >= 0.3 is 6.18 Å². The number of nitrogens with zero attached hydrogens (tertiary/aromatic N) is 1. The van der Waals surface area contributed by atoms with E-state index in [1.54, 1.807) is 0 Å². The average Bonchev–Trinajstić information content (AvgIpc) is 1.86. The lowest BCUT2D eigenvalue weighted by Crippen LogP contribution is -2.31. The molecule has 0 fully saturated rings. The molecular formula is C6H7F3N2. The predicted octanol–water partition coefficient (Wildman–Crippen LogP) is 1.45. The Labute approximate surface area is 61.8 Å². The van der Waals surface area contributed by atoms with Crippen molar-refractivity contribution in [3.63, 3.8) is 0 Å². The molecule has 0 aliphatic carbocycles. The third-order valence-corrected chi connectivity index (χ3v) is 1.24. The highest BCUT2D eigenvalue weighted by atomic mass is 19.4. The minimum absolute atomic E-state index is 0.287. The van der Waals surface area contributed by atoms with E-state index in [0.29, 0.717) is 0 Å². The van der Waals surface area contributed by atoms with Gasteiger partial charge in [-0.25, -0.2) is 0 Å². The molecule has 0 aromatic heterocycles. The zero-order valence-electron chi connectivity index (χ0n) is 5.81. The molecule has 0 aromatic carbocycles. The van der Waals surface area contributed by atoms with Crippen molar-refractivity contribution in [2.75, 3.05) is 0 Å². The maximum Gasteiger partial charge on any atom is 0.414 e. The number of hydrogen-bond donors (Lipinski definition) is 1. The van der Waals surface area contributed by atoms with Crippen LogP contribution >= 0.6 is 0 Å². The first kappa shape index (κ1) is 8.10. The van der Waals surface area contributed by atoms with Crippen LogP contribution in [0.2, 0.25) is 0 Å². The summed E-state index contributed by atoms with van der Waals surface area (Å²) in [5, 5.41) is 2.55. The van der Waals surface area contributed by atoms with Crippen LogP contribution in [0.25, 0.3) is 0 Å². The van der Waals surface area contributed by atoms with Gasteiger partial charge in [-0.15, -0.1) is 0 Å². The number of amidine groups is 1. The third-order valence-electron chi connectivity index (χ3n) is 1.24. The molecule has 1 N–H and O–H groups in total. The van der Waals surface area contributed by atoms with Gasteiger partial charge in [-0.2, -0.15) is 13.2 Å². The van der Waals surface area contributed by atoms with Crippen molar-refractivity contribution in [1.82, 2.24) is 5.32 Å². The molecule has 0 amide bonds. The second-order valence-electron chi connectivity index (χ2n) is 2.20. The van der Waals surface area contributed by atoms with E-state index in [9.17, 15) is 13.2 Å². The lowest BCUT2D eigenvalue weighted by Gasteiger charge is -2.16. The van der Waals surface area contributed by atoms with Gasteiger partial charge in [-0.05, 0) is 13.0 Å². The van der Waals surface area contributed by atoms with Gasteiger partial charge in [-0.1, -0.05) is 0 Å². The maximum absolute atomic E-state index is 11.9. The molecule has 0 radical (unpaired) electrons. The van der Waals surface area contributed by atoms with Crippen molar-refractivity contribution in [1.29, 1.82) is 0 Å². The van der Waals surface area contributed by atoms with Crippen LogP contribution in [0.1, 0.15) is 6.92 Å². The molecule has 11 heavy (non-hydrogen) atoms. The highest BCUT2D eigenvalue weighted by Gasteiger charge is 2.38. The molecule has 1 aliphatic heterocycles. The first-order valence-electron chi connectivity index (χ1n) is 3.04. The number of halogens is 3. The van der Waals surface area contributed by atoms with E-state index in [1.165, 1.54) is 13.1 Å². The standard InChI is InChI=1S/C6H7F3N2/c1-4-10-3-2-5(11-4)6(7,8)9/h2-3,5H,1H3,(H,10,11). The van der Waals surface area contributed by atoms with E-state index in [-0.39, 0.29) is 5.84 Å². The Morgan fingerprint density at radius 3 is 2.55 bits per heavy atom. The van der Waals surface area contributed by atoms with Gasteiger partial charge < -0.3 is 5.32 Å². The normalized spacial score (nSPS) is 24.4. The fourth-order valence-corrected chi connectivity index (χ4v) is 0.731. The van der Waals surface area contributed by atoms with Crippen molar-refractivity contribution in [2.45, 2.75) is 19.1 Å². The van der Waals surface area contributed by atoms with Crippen LogP contribution < -0.4 is 5.32 Å². The monoisotopic (exact) mass is 164 g/mol. The molecule has 1 heterocycles. The molecule has 0 saturated heterocycles. The van der Waals surface area contributed by atoms with Gasteiger partial charge in [0.25, 0.3) is 0 Å². The number of hydrogen-bond acceptors (Lipinski definition) is 2. The second kappa shape index (κ2) is 2.56. The van der Waals surface area contributed by atoms with Crippen molar-refractivity contribution < 1.29 is 13.2 Å². The van der Waals surface area contributed by atoms with E-state index in [0.717, 1.165) is 6.08 Å². The molecule has 1 unspecified atom stereocenters. The average molecular weight is 164 g/mol. The summed E-state index contributed by atoms with van der Waals surface area (Å²) >= 11 is 0. The predicted molar refractivity (Wildman–Crippen MR) is 35.2 cm³/mol. The van der Waals surface area contributed by atoms with Gasteiger partial charge in [0.15, 0.2) is 6.04 Å². The van der Waals surface area contributed by atoms with Gasteiger partial charge in [0.2, 0.25) is 0 Å². The number of alkyl halides is 3. The summed E-state index contributed by atoms with van der Waals surface area (Å²) in [7, 11) is 0. The van der Waals surface area contributed by atoms with E-state index in [1.807, 2.05) is 0 Å². The summed E-state index contributed by atoms with van der Waals surface area (Å²) < 4.78 is 35.8. The molecule has 1 aliphatic rings. The van der Waals surface area contributed by atoms with Crippen LogP contribution in [0.15, 0.2) is 17.3 Å². The Kier molecular flexibility index (Phi) is 1.89. The minimum Gasteiger partial charge on any atom is -0.351 e. The van der Waals surface area contributed by atoms with Crippen LogP contribution in [-0.4, -0.2) is 18.1 Å². The van der Waals surface area contributed by atoms with Gasteiger partial charge in [0, 0.05) is 6.20 Å². The first-order chi connectivity index (χ1) is 5.00. The van der Waals surface area contributed by atoms with Crippen LogP contribution in [0.3, 0.4) is 0 Å². The summed E-state index contributed by atoms with van der Waals surface area (Å²) in [5.41, 5.74) is 0. The highest BCUT2D eigenvalue weighted by molar-refractivity contribution is 5.81. The molecule has 62 valence electrons. The Bertz CT molecular complexity index is 204. The fourth-order valence-electron chi connectivity index (χ4n) is 0.731. The fraction of sp³-hybridized carbons (Fsp3) is 0.500. The lowest BCUT2D eigenvalue weighted by atomic mass is 10.2. The summed E-state index contributed by atoms with van der Waals surface area (Å²) in [5.74, 6) is 0.287. The maximum atomic E-state index is 11.9. The van der Waals surface area contributed by atoms with E-state index < -0.39 is 12.2 Å². The van der Waals surface area contributed by atoms with Crippen molar-refractivity contribution >= 4 is 5.84 Å². The molecule has 0 aromatic rings. The number of nitrogens with one attached hydrogen (secondary N) is 1. The van der Waals surface area contributed by atoms with Crippen molar-refractivity contribution in [3.8, 4) is 0 Å². The highest BCUT2D eigenvalue weighted by Crippen LogP contribution is 2.24. The van der Waals surface area contributed by atoms with Crippen LogP contribution in [-0.2, 0) is 0 Å². The quantitative estimate of drug-likeness (QED) is 0.575. The zero-order valence-corrected chi connectivity index (χ0v) is 5.81. The van der Waals surface area contributed by atoms with Crippen molar-refractivity contribution in [3.05, 3.63) is 12.3 Å². The smallest absolute Gasteiger partial charge is 0.351 e. The molecule has 0 saturated carbocycles. The summed E-state index contributed by atoms with van der Waals surface area (Å²) in [6.07, 6.45) is -2.03. The third kappa shape index (κ3) is 1.96. The van der Waals surface area contributed by atoms with Gasteiger partial charge in [-0.3, -0.25) is 4.99 Å². The largest absolute Gasteiger partial charge is 0.414 e. The minimum atomic E-state index is -4.26. The molecule has 0 spiro atoms. The Hall–Kier alpha value is -1.00. The van der Waals surface area contributed by atoms with E-state index >= 15 is 0 Å². The van der Waals surface area contributed by atoms with Gasteiger partial charge in [0.05, 0.1) is 5.84 Å². The Morgan fingerprint density at radius 1 is 1.55 bits per heavy atom. The zero-order chi connectivity index (χ0) is 8.48. The first-order valence-corrected chi connectivity index (χ1v) is 3.04. The summed E-state index contributed by atoms with van der Waals surface area (Å²) in [6, 6.07) is -1.68. The number of rotatable bonds is 0. The molecule has 2 nitrogen and oxygen atoms in total. The van der Waals surface area contributed by atoms with Crippen molar-refractivity contribution in [2.24, 2.45) is 4.99 Å². The second-order valence-corrected chi connectivity index (χ2v) is 2.20. The topological polar surface area (TPSA) is 24.4 Å². The number of aliphatic imine (C=N–C) groups is 1. The van der Waals surface area contributed by atoms with E-state index in [2.05, 4.69) is 10.3 Å². The van der Waals surface area contributed by atoms with Gasteiger partial charge in [0.1, 0.15) is 0 Å². The summed E-state index contributed by atoms with van der Waals surface area (Å²) in [6.45, 7) is 1.49. The van der Waals surface area contributed by atoms with E-state index in [4.69, 9.17) is 0 Å².